The Morgan fingerprint density at radius 2 is 2.19 bits per heavy atom. The van der Waals surface area contributed by atoms with Crippen molar-refractivity contribution in [3.05, 3.63) is 17.5 Å². The minimum absolute atomic E-state index is 0.0425. The third-order valence-corrected chi connectivity index (χ3v) is 2.38. The predicted octanol–water partition coefficient (Wildman–Crippen LogP) is 0.809. The number of ether oxygens (including phenoxy) is 1. The van der Waals surface area contributed by atoms with Gasteiger partial charge in [-0.2, -0.15) is 4.98 Å². The Bertz CT molecular complexity index is 360. The summed E-state index contributed by atoms with van der Waals surface area (Å²) in [6, 6.07) is 0.0425. The first-order chi connectivity index (χ1) is 7.75. The van der Waals surface area contributed by atoms with Crippen LogP contribution in [0.15, 0.2) is 6.20 Å². The lowest BCUT2D eigenvalue weighted by atomic mass is 10.1. The topological polar surface area (TPSA) is 47.0 Å². The fourth-order valence-electron chi connectivity index (χ4n) is 1.61. The van der Waals surface area contributed by atoms with Crippen LogP contribution >= 0.6 is 0 Å². The van der Waals surface area contributed by atoms with Gasteiger partial charge in [0.1, 0.15) is 0 Å². The monoisotopic (exact) mass is 229 g/mol. The number of fused-ring (bicyclic) bond motifs is 1. The molecule has 0 fully saturated rings. The number of hydrogen-bond acceptors (Lipinski definition) is 4. The molecule has 4 nitrogen and oxygen atoms in total. The van der Waals surface area contributed by atoms with Gasteiger partial charge in [-0.05, 0) is 18.5 Å². The number of hydrogen-bond donors (Lipinski definition) is 1. The zero-order chi connectivity index (χ0) is 11.4. The molecule has 0 unspecified atom stereocenters. The number of nitrogens with one attached hydrogen (secondary N) is 1. The van der Waals surface area contributed by atoms with Gasteiger partial charge in [-0.1, -0.05) is 0 Å². The van der Waals surface area contributed by atoms with Crippen LogP contribution in [0.2, 0.25) is 0 Å². The van der Waals surface area contributed by atoms with Gasteiger partial charge in [-0.15, -0.1) is 0 Å². The Labute approximate surface area is 92.0 Å². The van der Waals surface area contributed by atoms with Gasteiger partial charge in [0.2, 0.25) is 0 Å². The van der Waals surface area contributed by atoms with Gasteiger partial charge in [0, 0.05) is 19.2 Å². The van der Waals surface area contributed by atoms with E-state index in [1.165, 1.54) is 0 Å². The van der Waals surface area contributed by atoms with Crippen molar-refractivity contribution in [3.63, 3.8) is 0 Å². The van der Waals surface area contributed by atoms with Crippen molar-refractivity contribution in [1.82, 2.24) is 15.3 Å². The van der Waals surface area contributed by atoms with Gasteiger partial charge in [0.25, 0.3) is 6.43 Å². The zero-order valence-corrected chi connectivity index (χ0v) is 8.75. The molecule has 0 spiro atoms. The molecular weight excluding hydrogens is 216 g/mol. The Morgan fingerprint density at radius 3 is 3.00 bits per heavy atom. The molecule has 0 aromatic carbocycles. The molecule has 0 saturated heterocycles. The van der Waals surface area contributed by atoms with Crippen molar-refractivity contribution in [2.75, 3.05) is 19.7 Å². The van der Waals surface area contributed by atoms with Crippen LogP contribution in [-0.2, 0) is 12.8 Å². The molecule has 1 aromatic rings. The normalized spacial score (nSPS) is 15.7. The molecule has 1 aromatic heterocycles. The fourth-order valence-corrected chi connectivity index (χ4v) is 1.61. The number of alkyl halides is 2. The van der Waals surface area contributed by atoms with Crippen LogP contribution in [0.1, 0.15) is 11.3 Å². The third-order valence-electron chi connectivity index (χ3n) is 2.38. The lowest BCUT2D eigenvalue weighted by molar-refractivity contribution is 0.0768. The Hall–Kier alpha value is -1.30. The van der Waals surface area contributed by atoms with E-state index in [9.17, 15) is 8.78 Å². The molecule has 1 aliphatic rings. The molecule has 0 aliphatic carbocycles. The third kappa shape index (κ3) is 2.85. The van der Waals surface area contributed by atoms with E-state index in [1.807, 2.05) is 0 Å². The van der Waals surface area contributed by atoms with Crippen LogP contribution in [0.25, 0.3) is 0 Å². The first-order valence-corrected chi connectivity index (χ1v) is 5.22. The summed E-state index contributed by atoms with van der Waals surface area (Å²) >= 11 is 0. The molecule has 2 heterocycles. The smallest absolute Gasteiger partial charge is 0.316 e. The zero-order valence-electron chi connectivity index (χ0n) is 8.75. The van der Waals surface area contributed by atoms with Gasteiger partial charge in [-0.3, -0.25) is 0 Å². The van der Waals surface area contributed by atoms with Crippen LogP contribution in [0.5, 0.6) is 6.01 Å². The molecule has 88 valence electrons. The van der Waals surface area contributed by atoms with Crippen molar-refractivity contribution in [2.24, 2.45) is 0 Å². The molecule has 1 N–H and O–H groups in total. The lowest BCUT2D eigenvalue weighted by Gasteiger charge is -2.07. The summed E-state index contributed by atoms with van der Waals surface area (Å²) in [5.74, 6) is 0. The molecule has 0 saturated carbocycles. The van der Waals surface area contributed by atoms with Gasteiger partial charge in [0.05, 0.1) is 5.69 Å². The highest BCUT2D eigenvalue weighted by Gasteiger charge is 2.12. The summed E-state index contributed by atoms with van der Waals surface area (Å²) in [6.07, 6.45) is 0.813. The molecule has 0 bridgehead atoms. The molecule has 0 radical (unpaired) electrons. The summed E-state index contributed by atoms with van der Waals surface area (Å²) in [6.45, 7) is 1.09. The highest BCUT2D eigenvalue weighted by Crippen LogP contribution is 2.13. The standard InChI is InChI=1S/C10H13F2N3O/c11-9(12)6-16-10-14-5-7-1-3-13-4-2-8(7)15-10/h5,9,13H,1-4,6H2. The quantitative estimate of drug-likeness (QED) is 0.833. The van der Waals surface area contributed by atoms with E-state index < -0.39 is 13.0 Å². The van der Waals surface area contributed by atoms with E-state index in [0.29, 0.717) is 0 Å². The summed E-state index contributed by atoms with van der Waals surface area (Å²) < 4.78 is 28.6. The second-order valence-electron chi connectivity index (χ2n) is 3.58. The Balaban J connectivity index is 2.08. The molecule has 0 amide bonds. The minimum Gasteiger partial charge on any atom is -0.457 e. The van der Waals surface area contributed by atoms with Crippen LogP contribution < -0.4 is 10.1 Å². The Kier molecular flexibility index (Phi) is 3.61. The maximum atomic E-state index is 11.9. The number of nitrogens with zero attached hydrogens (tertiary/aromatic N) is 2. The summed E-state index contributed by atoms with van der Waals surface area (Å²) in [5.41, 5.74) is 1.96. The Morgan fingerprint density at radius 1 is 1.38 bits per heavy atom. The van der Waals surface area contributed by atoms with E-state index in [4.69, 9.17) is 4.74 Å². The molecule has 1 aliphatic heterocycles. The van der Waals surface area contributed by atoms with Crippen LogP contribution in [0, 0.1) is 0 Å². The van der Waals surface area contributed by atoms with Crippen molar-refractivity contribution in [3.8, 4) is 6.01 Å². The van der Waals surface area contributed by atoms with E-state index in [0.717, 1.165) is 37.2 Å². The predicted molar refractivity (Wildman–Crippen MR) is 53.8 cm³/mol. The molecule has 16 heavy (non-hydrogen) atoms. The number of rotatable bonds is 3. The largest absolute Gasteiger partial charge is 0.457 e. The SMILES string of the molecule is FC(F)COc1ncc2c(n1)CCNCC2. The average molecular weight is 229 g/mol. The highest BCUT2D eigenvalue weighted by molar-refractivity contribution is 5.21. The van der Waals surface area contributed by atoms with Gasteiger partial charge in [-0.25, -0.2) is 13.8 Å². The van der Waals surface area contributed by atoms with Crippen molar-refractivity contribution in [2.45, 2.75) is 19.3 Å². The molecule has 2 rings (SSSR count). The summed E-state index contributed by atoms with van der Waals surface area (Å²) in [4.78, 5) is 8.05. The maximum Gasteiger partial charge on any atom is 0.316 e. The maximum absolute atomic E-state index is 11.9. The van der Waals surface area contributed by atoms with E-state index in [1.54, 1.807) is 6.20 Å². The van der Waals surface area contributed by atoms with E-state index in [-0.39, 0.29) is 6.01 Å². The summed E-state index contributed by atoms with van der Waals surface area (Å²) in [5, 5.41) is 3.24. The fraction of sp³-hybridized carbons (Fsp3) is 0.600. The minimum atomic E-state index is -2.50. The second-order valence-corrected chi connectivity index (χ2v) is 3.58. The van der Waals surface area contributed by atoms with Crippen molar-refractivity contribution < 1.29 is 13.5 Å². The van der Waals surface area contributed by atoms with Gasteiger partial charge < -0.3 is 10.1 Å². The van der Waals surface area contributed by atoms with E-state index >= 15 is 0 Å². The van der Waals surface area contributed by atoms with E-state index in [2.05, 4.69) is 15.3 Å². The number of halogens is 2. The van der Waals surface area contributed by atoms with Crippen LogP contribution in [0.4, 0.5) is 8.78 Å². The number of aromatic nitrogens is 2. The first-order valence-electron chi connectivity index (χ1n) is 5.22. The average Bonchev–Trinajstić information content (AvgIpc) is 2.50. The van der Waals surface area contributed by atoms with Crippen molar-refractivity contribution in [1.29, 1.82) is 0 Å². The van der Waals surface area contributed by atoms with Crippen LogP contribution in [-0.4, -0.2) is 36.1 Å². The van der Waals surface area contributed by atoms with Crippen molar-refractivity contribution >= 4 is 0 Å². The van der Waals surface area contributed by atoms with Gasteiger partial charge >= 0.3 is 6.01 Å². The lowest BCUT2D eigenvalue weighted by Crippen LogP contribution is -2.16. The highest BCUT2D eigenvalue weighted by atomic mass is 19.3. The summed E-state index contributed by atoms with van der Waals surface area (Å²) in [7, 11) is 0. The van der Waals surface area contributed by atoms with Gasteiger partial charge in [0.15, 0.2) is 6.61 Å². The molecule has 6 heteroatoms. The van der Waals surface area contributed by atoms with Crippen LogP contribution in [0.3, 0.4) is 0 Å². The molecular formula is C10H13F2N3O. The molecule has 0 atom stereocenters. The first kappa shape index (κ1) is 11.2. The second kappa shape index (κ2) is 5.16.